The second-order valence-corrected chi connectivity index (χ2v) is 25.2. The van der Waals surface area contributed by atoms with Crippen molar-refractivity contribution in [2.75, 3.05) is 38.3 Å². The lowest BCUT2D eigenvalue weighted by Crippen LogP contribution is -2.67. The molecule has 0 unspecified atom stereocenters. The number of hydrogen-bond acceptors (Lipinski definition) is 8. The molecule has 0 aromatic heterocycles. The van der Waals surface area contributed by atoms with E-state index in [0.29, 0.717) is 24.5 Å². The van der Waals surface area contributed by atoms with Gasteiger partial charge in [0.2, 0.25) is 5.91 Å². The summed E-state index contributed by atoms with van der Waals surface area (Å²) in [6, 6.07) is 70.4. The molecule has 0 saturated heterocycles. The zero-order valence-electron chi connectivity index (χ0n) is 40.4. The van der Waals surface area contributed by atoms with Crippen LogP contribution in [0.4, 0.5) is 10.5 Å². The first kappa shape index (κ1) is 51.8. The maximum atomic E-state index is 12.6. The molecule has 0 radical (unpaired) electrons. The maximum absolute atomic E-state index is 12.6. The molecule has 366 valence electrons. The summed E-state index contributed by atoms with van der Waals surface area (Å²) in [5.74, 6) is -0.656. The highest BCUT2D eigenvalue weighted by Gasteiger charge is 2.40. The van der Waals surface area contributed by atoms with Crippen molar-refractivity contribution in [3.05, 3.63) is 219 Å². The van der Waals surface area contributed by atoms with Gasteiger partial charge in [0.25, 0.3) is 0 Å². The number of alkyl carbamates (subject to hydrolysis) is 1. The number of carbonyl (C=O) groups is 4. The number of rotatable bonds is 25. The molecular formula is C60H60N2O8Si2. The van der Waals surface area contributed by atoms with Gasteiger partial charge in [0, 0.05) is 17.8 Å². The fourth-order valence-electron chi connectivity index (χ4n) is 9.26. The molecule has 0 fully saturated rings. The van der Waals surface area contributed by atoms with Gasteiger partial charge in [-0.2, -0.15) is 0 Å². The molecular weight excluding hydrogens is 933 g/mol. The summed E-state index contributed by atoms with van der Waals surface area (Å²) in [4.78, 5) is 47.6. The molecule has 12 heteroatoms. The monoisotopic (exact) mass is 992 g/mol. The fraction of sp³-hybridized carbons (Fsp3) is 0.167. The molecule has 2 N–H and O–H groups in total. The molecule has 0 atom stereocenters. The van der Waals surface area contributed by atoms with E-state index in [9.17, 15) is 19.2 Å². The van der Waals surface area contributed by atoms with E-state index in [4.69, 9.17) is 18.9 Å². The van der Waals surface area contributed by atoms with Crippen LogP contribution in [-0.2, 0) is 28.6 Å². The van der Waals surface area contributed by atoms with Gasteiger partial charge < -0.3 is 29.6 Å². The summed E-state index contributed by atoms with van der Waals surface area (Å²) < 4.78 is 21.8. The minimum absolute atomic E-state index is 0.0211. The van der Waals surface area contributed by atoms with Crippen molar-refractivity contribution in [3.8, 4) is 16.9 Å². The van der Waals surface area contributed by atoms with E-state index < -0.39 is 34.2 Å². The standard InChI is InChI=1S/C60H60N2O8Si2/c1-3-58(64)68-43-39-57(63)62-49-31-33-50(34-32-49)67-41-17-45-71(51-19-9-5-10-20-51,52-21-11-6-12-22-52)55-35-27-47(28-36-55)48-29-37-56(38-30-48)72(53-23-13-7-14-24-53,54-25-15-8-16-26-54)46-18-42-70-60(66)61-40-44-69-59(65)4-2/h3-16,19-38H,1-2,17-18,39-46H2,(H,61,66)(H,62,63). The molecule has 0 aliphatic heterocycles. The van der Waals surface area contributed by atoms with Crippen molar-refractivity contribution >= 4 is 76.9 Å². The van der Waals surface area contributed by atoms with Crippen LogP contribution in [0.5, 0.6) is 5.75 Å². The lowest BCUT2D eigenvalue weighted by atomic mass is 10.1. The number of hydrogen-bond donors (Lipinski definition) is 2. The first-order chi connectivity index (χ1) is 35.2. The Morgan fingerprint density at radius 1 is 0.444 bits per heavy atom. The van der Waals surface area contributed by atoms with Gasteiger partial charge in [-0.3, -0.25) is 4.79 Å². The van der Waals surface area contributed by atoms with Crippen LogP contribution in [0.2, 0.25) is 12.1 Å². The molecule has 0 saturated carbocycles. The highest BCUT2D eigenvalue weighted by Crippen LogP contribution is 2.24. The Morgan fingerprint density at radius 2 is 0.847 bits per heavy atom. The van der Waals surface area contributed by atoms with E-state index in [1.54, 1.807) is 12.1 Å². The van der Waals surface area contributed by atoms with Crippen LogP contribution in [0.25, 0.3) is 11.1 Å². The van der Waals surface area contributed by atoms with Crippen LogP contribution in [0.1, 0.15) is 19.3 Å². The zero-order valence-corrected chi connectivity index (χ0v) is 42.4. The van der Waals surface area contributed by atoms with Gasteiger partial charge in [0.05, 0.1) is 26.2 Å². The number of esters is 2. The normalized spacial score (nSPS) is 11.1. The molecule has 2 amide bonds. The SMILES string of the molecule is C=CC(=O)OCCNC(=O)OCCC[Si](c1ccccc1)(c1ccccc1)c1ccc(-c2ccc([Si](CCCOc3ccc(NC(=O)CCOC(=O)C=C)cc3)(c3ccccc3)c3ccccc3)cc2)cc1. The van der Waals surface area contributed by atoms with Crippen molar-refractivity contribution in [1.82, 2.24) is 5.32 Å². The lowest BCUT2D eigenvalue weighted by Gasteiger charge is -2.34. The molecule has 7 aromatic carbocycles. The summed E-state index contributed by atoms with van der Waals surface area (Å²) in [6.45, 7) is 7.65. The average molecular weight is 993 g/mol. The van der Waals surface area contributed by atoms with Crippen LogP contribution < -0.4 is 46.5 Å². The quantitative estimate of drug-likeness (QED) is 0.0149. The highest BCUT2D eigenvalue weighted by molar-refractivity contribution is 7.12. The van der Waals surface area contributed by atoms with Crippen LogP contribution in [-0.4, -0.2) is 73.1 Å². The molecule has 0 bridgehead atoms. The zero-order chi connectivity index (χ0) is 50.4. The minimum Gasteiger partial charge on any atom is -0.494 e. The second-order valence-electron chi connectivity index (χ2n) is 17.1. The van der Waals surface area contributed by atoms with Gasteiger partial charge in [-0.05, 0) is 91.4 Å². The Bertz CT molecular complexity index is 2770. The van der Waals surface area contributed by atoms with E-state index in [-0.39, 0.29) is 38.7 Å². The van der Waals surface area contributed by atoms with Gasteiger partial charge in [0.1, 0.15) is 35.1 Å². The van der Waals surface area contributed by atoms with Crippen molar-refractivity contribution in [1.29, 1.82) is 0 Å². The molecule has 7 rings (SSSR count). The predicted molar refractivity (Wildman–Crippen MR) is 293 cm³/mol. The van der Waals surface area contributed by atoms with E-state index in [1.165, 1.54) is 31.1 Å². The van der Waals surface area contributed by atoms with Crippen LogP contribution in [0.3, 0.4) is 0 Å². The van der Waals surface area contributed by atoms with E-state index in [0.717, 1.165) is 41.8 Å². The third kappa shape index (κ3) is 13.4. The minimum atomic E-state index is -2.64. The topological polar surface area (TPSA) is 129 Å². The van der Waals surface area contributed by atoms with Crippen molar-refractivity contribution in [3.63, 3.8) is 0 Å². The molecule has 10 nitrogen and oxygen atoms in total. The van der Waals surface area contributed by atoms with E-state index in [1.807, 2.05) is 24.3 Å². The first-order valence-corrected chi connectivity index (χ1v) is 28.6. The number of amides is 2. The Balaban J connectivity index is 1.10. The Labute approximate surface area is 424 Å². The van der Waals surface area contributed by atoms with Crippen molar-refractivity contribution in [2.24, 2.45) is 0 Å². The van der Waals surface area contributed by atoms with E-state index >= 15 is 0 Å². The summed E-state index contributed by atoms with van der Waals surface area (Å²) in [5, 5.41) is 13.3. The van der Waals surface area contributed by atoms with Gasteiger partial charge in [-0.15, -0.1) is 0 Å². The number of nitrogens with one attached hydrogen (secondary N) is 2. The number of carbonyl (C=O) groups excluding carboxylic acids is 4. The third-order valence-corrected chi connectivity index (χ3v) is 22.8. The van der Waals surface area contributed by atoms with Crippen molar-refractivity contribution < 1.29 is 38.1 Å². The predicted octanol–water partition coefficient (Wildman–Crippen LogP) is 7.67. The molecule has 72 heavy (non-hydrogen) atoms. The smallest absolute Gasteiger partial charge is 0.407 e. The average Bonchev–Trinajstić information content (AvgIpc) is 3.43. The fourth-order valence-corrected chi connectivity index (χ4v) is 18.9. The maximum Gasteiger partial charge on any atom is 0.407 e. The molecule has 0 spiro atoms. The van der Waals surface area contributed by atoms with Crippen LogP contribution in [0.15, 0.2) is 219 Å². The molecule has 7 aromatic rings. The summed E-state index contributed by atoms with van der Waals surface area (Å²) in [6.07, 6.45) is 3.09. The van der Waals surface area contributed by atoms with Crippen molar-refractivity contribution in [2.45, 2.75) is 31.4 Å². The van der Waals surface area contributed by atoms with E-state index in [2.05, 4.69) is 182 Å². The Hall–Kier alpha value is -8.07. The summed E-state index contributed by atoms with van der Waals surface area (Å²) in [5.41, 5.74) is 2.87. The molecule has 0 aliphatic rings. The van der Waals surface area contributed by atoms with Gasteiger partial charge in [0.15, 0.2) is 0 Å². The highest BCUT2D eigenvalue weighted by atomic mass is 28.3. The Kier molecular flexibility index (Phi) is 18.9. The Morgan fingerprint density at radius 3 is 1.28 bits per heavy atom. The number of anilines is 1. The molecule has 0 aliphatic carbocycles. The first-order valence-electron chi connectivity index (χ1n) is 24.2. The second kappa shape index (κ2) is 26.2. The van der Waals surface area contributed by atoms with Gasteiger partial charge in [-0.1, -0.05) is 183 Å². The number of ether oxygens (including phenoxy) is 4. The van der Waals surface area contributed by atoms with Crippen LogP contribution >= 0.6 is 0 Å². The van der Waals surface area contributed by atoms with Gasteiger partial charge >= 0.3 is 18.0 Å². The lowest BCUT2D eigenvalue weighted by molar-refractivity contribution is -0.139. The summed E-state index contributed by atoms with van der Waals surface area (Å²) >= 11 is 0. The number of benzene rings is 7. The summed E-state index contributed by atoms with van der Waals surface area (Å²) in [7, 11) is -5.24. The van der Waals surface area contributed by atoms with Gasteiger partial charge in [-0.25, -0.2) is 14.4 Å². The largest absolute Gasteiger partial charge is 0.494 e. The third-order valence-electron chi connectivity index (χ3n) is 12.7. The van der Waals surface area contributed by atoms with Crippen LogP contribution in [0, 0.1) is 0 Å². The molecule has 0 heterocycles.